The van der Waals surface area contributed by atoms with E-state index in [0.29, 0.717) is 12.5 Å². The minimum absolute atomic E-state index is 0. The smallest absolute Gasteiger partial charge is 0.191 e. The Morgan fingerprint density at radius 1 is 1.21 bits per heavy atom. The molecule has 0 spiro atoms. The summed E-state index contributed by atoms with van der Waals surface area (Å²) in [5.41, 5.74) is 2.50. The van der Waals surface area contributed by atoms with Crippen LogP contribution in [0.25, 0.3) is 0 Å². The molecule has 1 aliphatic heterocycles. The van der Waals surface area contributed by atoms with Crippen LogP contribution in [0.5, 0.6) is 0 Å². The van der Waals surface area contributed by atoms with Gasteiger partial charge in [-0.1, -0.05) is 24.3 Å². The lowest BCUT2D eigenvalue weighted by atomic mass is 9.99. The van der Waals surface area contributed by atoms with Crippen LogP contribution < -0.4 is 10.6 Å². The van der Waals surface area contributed by atoms with Crippen LogP contribution in [0.4, 0.5) is 0 Å². The van der Waals surface area contributed by atoms with Gasteiger partial charge in [0.05, 0.1) is 13.1 Å². The van der Waals surface area contributed by atoms with E-state index < -0.39 is 0 Å². The van der Waals surface area contributed by atoms with Crippen molar-refractivity contribution >= 4 is 29.9 Å². The Morgan fingerprint density at radius 3 is 2.75 bits per heavy atom. The van der Waals surface area contributed by atoms with Crippen molar-refractivity contribution in [2.75, 3.05) is 33.2 Å². The normalized spacial score (nSPS) is 17.8. The van der Waals surface area contributed by atoms with Gasteiger partial charge in [0.25, 0.3) is 0 Å². The van der Waals surface area contributed by atoms with Gasteiger partial charge >= 0.3 is 0 Å². The first-order valence-electron chi connectivity index (χ1n) is 9.99. The van der Waals surface area contributed by atoms with E-state index in [1.807, 2.05) is 23.1 Å². The van der Waals surface area contributed by atoms with E-state index in [2.05, 4.69) is 58.9 Å². The predicted molar refractivity (Wildman–Crippen MR) is 126 cm³/mol. The third-order valence-corrected chi connectivity index (χ3v) is 5.04. The Bertz CT molecular complexity index is 715. The highest BCUT2D eigenvalue weighted by Crippen LogP contribution is 2.14. The number of halogens is 1. The fourth-order valence-electron chi connectivity index (χ4n) is 3.62. The summed E-state index contributed by atoms with van der Waals surface area (Å²) in [5, 5.41) is 11.2. The van der Waals surface area contributed by atoms with Gasteiger partial charge in [-0.05, 0) is 56.5 Å². The molecule has 0 amide bonds. The maximum absolute atomic E-state index is 4.83. The second kappa shape index (κ2) is 12.1. The van der Waals surface area contributed by atoms with Crippen molar-refractivity contribution in [3.05, 3.63) is 53.9 Å². The van der Waals surface area contributed by atoms with E-state index in [0.717, 1.165) is 25.6 Å². The van der Waals surface area contributed by atoms with Crippen LogP contribution in [0.15, 0.2) is 47.7 Å². The van der Waals surface area contributed by atoms with Crippen molar-refractivity contribution in [1.82, 2.24) is 25.3 Å². The summed E-state index contributed by atoms with van der Waals surface area (Å²) in [7, 11) is 2.21. The monoisotopic (exact) mass is 496 g/mol. The van der Waals surface area contributed by atoms with Crippen LogP contribution in [0, 0.1) is 5.92 Å². The highest BCUT2D eigenvalue weighted by molar-refractivity contribution is 14.0. The van der Waals surface area contributed by atoms with Gasteiger partial charge in [0.15, 0.2) is 5.96 Å². The molecule has 3 rings (SSSR count). The first-order chi connectivity index (χ1) is 13.2. The molecule has 1 saturated heterocycles. The highest BCUT2D eigenvalue weighted by atomic mass is 127. The van der Waals surface area contributed by atoms with Gasteiger partial charge in [0.2, 0.25) is 0 Å². The van der Waals surface area contributed by atoms with Gasteiger partial charge in [-0.2, -0.15) is 5.10 Å². The molecule has 1 atom stereocenters. The van der Waals surface area contributed by atoms with Crippen LogP contribution in [0.2, 0.25) is 0 Å². The van der Waals surface area contributed by atoms with Gasteiger partial charge in [-0.25, -0.2) is 4.99 Å². The molecule has 0 radical (unpaired) electrons. The van der Waals surface area contributed by atoms with E-state index >= 15 is 0 Å². The molecule has 6 nitrogen and oxygen atoms in total. The average molecular weight is 496 g/mol. The number of piperidine rings is 1. The topological polar surface area (TPSA) is 57.5 Å². The van der Waals surface area contributed by atoms with Crippen molar-refractivity contribution in [3.8, 4) is 0 Å². The summed E-state index contributed by atoms with van der Waals surface area (Å²) < 4.78 is 1.95. The van der Waals surface area contributed by atoms with Gasteiger partial charge in [-0.3, -0.25) is 4.68 Å². The Labute approximate surface area is 185 Å². The number of rotatable bonds is 7. The van der Waals surface area contributed by atoms with Crippen molar-refractivity contribution < 1.29 is 0 Å². The summed E-state index contributed by atoms with van der Waals surface area (Å²) in [5.74, 6) is 1.60. The first-order valence-corrected chi connectivity index (χ1v) is 9.99. The number of aliphatic imine (C=N–C) groups is 1. The fraction of sp³-hybridized carbons (Fsp3) is 0.524. The molecule has 1 aliphatic rings. The molecular weight excluding hydrogens is 463 g/mol. The van der Waals surface area contributed by atoms with E-state index in [1.54, 1.807) is 0 Å². The first kappa shape index (κ1) is 22.7. The molecule has 28 heavy (non-hydrogen) atoms. The standard InChI is InChI=1S/C21H32N6.HI/c1-3-22-21(23-14-18-8-6-12-26(2)16-18)24-15-19-9-4-5-10-20(19)17-27-13-7-11-25-27;/h4-5,7,9-11,13,18H,3,6,8,12,14-17H2,1-2H3,(H2,22,23,24);1H. The summed E-state index contributed by atoms with van der Waals surface area (Å²) in [6.07, 6.45) is 6.39. The lowest BCUT2D eigenvalue weighted by Gasteiger charge is -2.30. The maximum Gasteiger partial charge on any atom is 0.191 e. The zero-order valence-corrected chi connectivity index (χ0v) is 19.3. The predicted octanol–water partition coefficient (Wildman–Crippen LogP) is 2.95. The quantitative estimate of drug-likeness (QED) is 0.352. The van der Waals surface area contributed by atoms with Gasteiger partial charge < -0.3 is 15.5 Å². The number of nitrogens with one attached hydrogen (secondary N) is 2. The van der Waals surface area contributed by atoms with Crippen molar-refractivity contribution in [2.45, 2.75) is 32.9 Å². The fourth-order valence-corrected chi connectivity index (χ4v) is 3.62. The third kappa shape index (κ3) is 7.09. The molecule has 2 N–H and O–H groups in total. The highest BCUT2D eigenvalue weighted by Gasteiger charge is 2.17. The third-order valence-electron chi connectivity index (χ3n) is 5.04. The SMILES string of the molecule is CCNC(=NCc1ccccc1Cn1cccn1)NCC1CCCN(C)C1.I. The van der Waals surface area contributed by atoms with Crippen LogP contribution in [0.1, 0.15) is 30.9 Å². The zero-order valence-electron chi connectivity index (χ0n) is 17.0. The summed E-state index contributed by atoms with van der Waals surface area (Å²) in [4.78, 5) is 7.25. The lowest BCUT2D eigenvalue weighted by Crippen LogP contribution is -2.43. The lowest BCUT2D eigenvalue weighted by molar-refractivity contribution is 0.210. The minimum atomic E-state index is 0. The Balaban J connectivity index is 0.00000280. The molecule has 7 heteroatoms. The van der Waals surface area contributed by atoms with Crippen LogP contribution in [-0.4, -0.2) is 53.9 Å². The molecule has 154 valence electrons. The molecule has 1 aromatic carbocycles. The van der Waals surface area contributed by atoms with Gasteiger partial charge in [0.1, 0.15) is 0 Å². The van der Waals surface area contributed by atoms with E-state index in [-0.39, 0.29) is 24.0 Å². The van der Waals surface area contributed by atoms with Gasteiger partial charge in [-0.15, -0.1) is 24.0 Å². The molecule has 2 heterocycles. The van der Waals surface area contributed by atoms with Crippen LogP contribution >= 0.6 is 24.0 Å². The van der Waals surface area contributed by atoms with E-state index in [1.165, 1.54) is 37.1 Å². The number of nitrogens with zero attached hydrogens (tertiary/aromatic N) is 4. The molecular formula is C21H33IN6. The number of benzene rings is 1. The summed E-state index contributed by atoms with van der Waals surface area (Å²) in [6, 6.07) is 10.4. The Hall–Kier alpha value is -1.61. The number of guanidine groups is 1. The molecule has 0 bridgehead atoms. The molecule has 0 aliphatic carbocycles. The van der Waals surface area contributed by atoms with Gasteiger partial charge in [0, 0.05) is 32.0 Å². The molecule has 1 aromatic heterocycles. The van der Waals surface area contributed by atoms with E-state index in [4.69, 9.17) is 4.99 Å². The zero-order chi connectivity index (χ0) is 18.9. The number of aromatic nitrogens is 2. The average Bonchev–Trinajstić information content (AvgIpc) is 3.18. The second-order valence-electron chi connectivity index (χ2n) is 7.32. The Kier molecular flexibility index (Phi) is 9.77. The minimum Gasteiger partial charge on any atom is -0.357 e. The van der Waals surface area contributed by atoms with Crippen molar-refractivity contribution in [2.24, 2.45) is 10.9 Å². The maximum atomic E-state index is 4.83. The van der Waals surface area contributed by atoms with Crippen molar-refractivity contribution in [3.63, 3.8) is 0 Å². The molecule has 0 saturated carbocycles. The van der Waals surface area contributed by atoms with Crippen molar-refractivity contribution in [1.29, 1.82) is 0 Å². The largest absolute Gasteiger partial charge is 0.357 e. The molecule has 1 fully saturated rings. The molecule has 1 unspecified atom stereocenters. The second-order valence-corrected chi connectivity index (χ2v) is 7.32. The van der Waals surface area contributed by atoms with Crippen LogP contribution in [-0.2, 0) is 13.1 Å². The molecule has 2 aromatic rings. The summed E-state index contributed by atoms with van der Waals surface area (Å²) in [6.45, 7) is 7.78. The van der Waals surface area contributed by atoms with Crippen LogP contribution in [0.3, 0.4) is 0 Å². The van der Waals surface area contributed by atoms with E-state index in [9.17, 15) is 0 Å². The number of likely N-dealkylation sites (tertiary alicyclic amines) is 1. The number of hydrogen-bond donors (Lipinski definition) is 2. The summed E-state index contributed by atoms with van der Waals surface area (Å²) >= 11 is 0. The number of hydrogen-bond acceptors (Lipinski definition) is 3. The Morgan fingerprint density at radius 2 is 2.04 bits per heavy atom.